The van der Waals surface area contributed by atoms with Crippen LogP contribution in [-0.4, -0.2) is 16.4 Å². The topological polar surface area (TPSA) is 16.1 Å². The lowest BCUT2D eigenvalue weighted by Crippen LogP contribution is -2.35. The van der Waals surface area contributed by atoms with Gasteiger partial charge in [0.1, 0.15) is 0 Å². The summed E-state index contributed by atoms with van der Waals surface area (Å²) in [5, 5.41) is 0. The van der Waals surface area contributed by atoms with Crippen molar-refractivity contribution in [2.45, 2.75) is 38.3 Å². The van der Waals surface area contributed by atoms with Crippen molar-refractivity contribution in [3.05, 3.63) is 66.0 Å². The van der Waals surface area contributed by atoms with Gasteiger partial charge in [0.15, 0.2) is 0 Å². The van der Waals surface area contributed by atoms with Crippen LogP contribution in [0.25, 0.3) is 0 Å². The lowest BCUT2D eigenvalue weighted by atomic mass is 9.95. The molecule has 0 unspecified atom stereocenters. The highest BCUT2D eigenvalue weighted by Crippen LogP contribution is 2.36. The van der Waals surface area contributed by atoms with Crippen LogP contribution in [0.1, 0.15) is 49.5 Å². The summed E-state index contributed by atoms with van der Waals surface area (Å²) in [7, 11) is 0. The van der Waals surface area contributed by atoms with Crippen molar-refractivity contribution < 1.29 is 0 Å². The Labute approximate surface area is 121 Å². The normalized spacial score (nSPS) is 21.6. The van der Waals surface area contributed by atoms with Crippen LogP contribution >= 0.6 is 0 Å². The van der Waals surface area contributed by atoms with Crippen molar-refractivity contribution in [1.29, 1.82) is 0 Å². The predicted molar refractivity (Wildman–Crippen MR) is 82.4 cm³/mol. The fourth-order valence-corrected chi connectivity index (χ4v) is 3.23. The standard InChI is InChI=1S/C18H22N2/c1-15(16-9-3-2-4-10-16)20-14-8-6-12-18(20)17-11-5-7-13-19-17/h2-5,7,9-11,13,15,18H,6,8,12,14H2,1H3/t15-,18+/m0/s1. The number of piperidine rings is 1. The lowest BCUT2D eigenvalue weighted by molar-refractivity contribution is 0.100. The summed E-state index contributed by atoms with van der Waals surface area (Å²) in [4.78, 5) is 7.20. The van der Waals surface area contributed by atoms with E-state index in [9.17, 15) is 0 Å². The van der Waals surface area contributed by atoms with E-state index in [1.807, 2.05) is 12.3 Å². The number of benzene rings is 1. The molecule has 2 heteroatoms. The van der Waals surface area contributed by atoms with Gasteiger partial charge in [-0.2, -0.15) is 0 Å². The second-order valence-electron chi connectivity index (χ2n) is 5.59. The molecular formula is C18H22N2. The average molecular weight is 266 g/mol. The molecule has 3 rings (SSSR count). The van der Waals surface area contributed by atoms with Crippen LogP contribution in [0.15, 0.2) is 54.7 Å². The molecule has 1 aromatic carbocycles. The van der Waals surface area contributed by atoms with Crippen LogP contribution < -0.4 is 0 Å². The first-order chi connectivity index (χ1) is 9.86. The van der Waals surface area contributed by atoms with Gasteiger partial charge in [0, 0.05) is 12.2 Å². The van der Waals surface area contributed by atoms with Gasteiger partial charge in [-0.05, 0) is 44.0 Å². The smallest absolute Gasteiger partial charge is 0.0575 e. The first-order valence-corrected chi connectivity index (χ1v) is 7.58. The van der Waals surface area contributed by atoms with Crippen molar-refractivity contribution >= 4 is 0 Å². The number of rotatable bonds is 3. The monoisotopic (exact) mass is 266 g/mol. The maximum absolute atomic E-state index is 4.59. The Kier molecular flexibility index (Phi) is 4.12. The molecule has 1 aliphatic rings. The first-order valence-electron chi connectivity index (χ1n) is 7.58. The highest BCUT2D eigenvalue weighted by atomic mass is 15.2. The van der Waals surface area contributed by atoms with Crippen LogP contribution in [0.2, 0.25) is 0 Å². The van der Waals surface area contributed by atoms with Crippen LogP contribution in [0.3, 0.4) is 0 Å². The Balaban J connectivity index is 1.86. The third-order valence-electron chi connectivity index (χ3n) is 4.35. The minimum absolute atomic E-state index is 0.448. The van der Waals surface area contributed by atoms with Crippen molar-refractivity contribution in [3.8, 4) is 0 Å². The minimum atomic E-state index is 0.448. The summed E-state index contributed by atoms with van der Waals surface area (Å²) in [5.41, 5.74) is 2.62. The molecule has 2 nitrogen and oxygen atoms in total. The van der Waals surface area contributed by atoms with Gasteiger partial charge in [-0.1, -0.05) is 42.8 Å². The van der Waals surface area contributed by atoms with Crippen molar-refractivity contribution in [3.63, 3.8) is 0 Å². The first kappa shape index (κ1) is 13.3. The minimum Gasteiger partial charge on any atom is -0.288 e. The molecule has 1 saturated heterocycles. The third-order valence-corrected chi connectivity index (χ3v) is 4.35. The Hall–Kier alpha value is -1.67. The van der Waals surface area contributed by atoms with E-state index in [-0.39, 0.29) is 0 Å². The van der Waals surface area contributed by atoms with E-state index in [0.29, 0.717) is 12.1 Å². The molecule has 2 atom stereocenters. The Morgan fingerprint density at radius 1 is 1.05 bits per heavy atom. The molecule has 1 fully saturated rings. The fourth-order valence-electron chi connectivity index (χ4n) is 3.23. The van der Waals surface area contributed by atoms with E-state index < -0.39 is 0 Å². The summed E-state index contributed by atoms with van der Waals surface area (Å²) in [5.74, 6) is 0. The lowest BCUT2D eigenvalue weighted by Gasteiger charge is -2.39. The fraction of sp³-hybridized carbons (Fsp3) is 0.389. The number of hydrogen-bond acceptors (Lipinski definition) is 2. The molecule has 0 radical (unpaired) electrons. The molecule has 20 heavy (non-hydrogen) atoms. The third kappa shape index (κ3) is 2.75. The van der Waals surface area contributed by atoms with Crippen LogP contribution in [0.5, 0.6) is 0 Å². The summed E-state index contributed by atoms with van der Waals surface area (Å²) in [6.07, 6.45) is 5.73. The molecule has 2 aromatic rings. The molecule has 0 saturated carbocycles. The van der Waals surface area contributed by atoms with Gasteiger partial charge in [-0.3, -0.25) is 9.88 Å². The molecule has 104 valence electrons. The second kappa shape index (κ2) is 6.19. The SMILES string of the molecule is C[C@@H](c1ccccc1)N1CCCC[C@@H]1c1ccccn1. The molecule has 1 aliphatic heterocycles. The van der Waals surface area contributed by atoms with Crippen molar-refractivity contribution in [2.75, 3.05) is 6.54 Å². The molecule has 1 aromatic heterocycles. The number of likely N-dealkylation sites (tertiary alicyclic amines) is 1. The number of nitrogens with zero attached hydrogens (tertiary/aromatic N) is 2. The van der Waals surface area contributed by atoms with Gasteiger partial charge >= 0.3 is 0 Å². The van der Waals surface area contributed by atoms with Crippen LogP contribution in [-0.2, 0) is 0 Å². The number of hydrogen-bond donors (Lipinski definition) is 0. The van der Waals surface area contributed by atoms with E-state index in [1.165, 1.54) is 30.5 Å². The quantitative estimate of drug-likeness (QED) is 0.820. The molecule has 0 N–H and O–H groups in total. The maximum Gasteiger partial charge on any atom is 0.0575 e. The Bertz CT molecular complexity index is 524. The Morgan fingerprint density at radius 3 is 2.60 bits per heavy atom. The summed E-state index contributed by atoms with van der Waals surface area (Å²) in [6, 6.07) is 18.0. The van der Waals surface area contributed by atoms with E-state index in [4.69, 9.17) is 0 Å². The van der Waals surface area contributed by atoms with Gasteiger partial charge < -0.3 is 0 Å². The summed E-state index contributed by atoms with van der Waals surface area (Å²) < 4.78 is 0. The molecule has 0 amide bonds. The van der Waals surface area contributed by atoms with Gasteiger partial charge in [0.05, 0.1) is 11.7 Å². The van der Waals surface area contributed by atoms with Crippen molar-refractivity contribution in [1.82, 2.24) is 9.88 Å². The highest BCUT2D eigenvalue weighted by molar-refractivity contribution is 5.20. The zero-order valence-electron chi connectivity index (χ0n) is 12.1. The molecule has 2 heterocycles. The molecular weight excluding hydrogens is 244 g/mol. The van der Waals surface area contributed by atoms with Gasteiger partial charge in [-0.25, -0.2) is 0 Å². The Morgan fingerprint density at radius 2 is 1.85 bits per heavy atom. The van der Waals surface area contributed by atoms with E-state index in [2.05, 4.69) is 59.3 Å². The molecule has 0 spiro atoms. The van der Waals surface area contributed by atoms with Crippen LogP contribution in [0.4, 0.5) is 0 Å². The summed E-state index contributed by atoms with van der Waals surface area (Å²) >= 11 is 0. The van der Waals surface area contributed by atoms with Gasteiger partial charge in [-0.15, -0.1) is 0 Å². The average Bonchev–Trinajstić information content (AvgIpc) is 2.56. The highest BCUT2D eigenvalue weighted by Gasteiger charge is 2.28. The summed E-state index contributed by atoms with van der Waals surface area (Å²) in [6.45, 7) is 3.48. The van der Waals surface area contributed by atoms with Gasteiger partial charge in [0.2, 0.25) is 0 Å². The number of pyridine rings is 1. The predicted octanol–water partition coefficient (Wildman–Crippen LogP) is 4.37. The van der Waals surface area contributed by atoms with E-state index in [0.717, 1.165) is 6.54 Å². The molecule has 0 bridgehead atoms. The zero-order valence-corrected chi connectivity index (χ0v) is 12.1. The van der Waals surface area contributed by atoms with Gasteiger partial charge in [0.25, 0.3) is 0 Å². The number of aromatic nitrogens is 1. The second-order valence-corrected chi connectivity index (χ2v) is 5.59. The largest absolute Gasteiger partial charge is 0.288 e. The molecule has 0 aliphatic carbocycles. The zero-order chi connectivity index (χ0) is 13.8. The van der Waals surface area contributed by atoms with Crippen molar-refractivity contribution in [2.24, 2.45) is 0 Å². The van der Waals surface area contributed by atoms with E-state index in [1.54, 1.807) is 0 Å². The van der Waals surface area contributed by atoms with Crippen LogP contribution in [0, 0.1) is 0 Å². The van der Waals surface area contributed by atoms with E-state index >= 15 is 0 Å². The maximum atomic E-state index is 4.59.